The lowest BCUT2D eigenvalue weighted by Crippen LogP contribution is -2.55. The van der Waals surface area contributed by atoms with Crippen LogP contribution in [-0.4, -0.2) is 49.5 Å². The first kappa shape index (κ1) is 29.4. The normalized spacial score (nSPS) is 12.7. The van der Waals surface area contributed by atoms with Crippen molar-refractivity contribution in [3.63, 3.8) is 0 Å². The second-order valence-electron chi connectivity index (χ2n) is 9.17. The van der Waals surface area contributed by atoms with Gasteiger partial charge in [0.05, 0.1) is 11.9 Å². The Hall–Kier alpha value is -1.81. The smallest absolute Gasteiger partial charge is 0.244 e. The van der Waals surface area contributed by atoms with Crippen LogP contribution in [0.2, 0.25) is 10.0 Å². The van der Waals surface area contributed by atoms with E-state index in [2.05, 4.69) is 21.2 Å². The molecule has 0 saturated heterocycles. The zero-order chi connectivity index (χ0) is 26.6. The van der Waals surface area contributed by atoms with Crippen molar-refractivity contribution in [1.29, 1.82) is 0 Å². The van der Waals surface area contributed by atoms with E-state index >= 15 is 0 Å². The fourth-order valence-corrected chi connectivity index (χ4v) is 5.01. The third-order valence-electron chi connectivity index (χ3n) is 5.03. The molecule has 0 aliphatic rings. The monoisotopic (exact) mass is 605 g/mol. The first-order valence-electron chi connectivity index (χ1n) is 10.9. The van der Waals surface area contributed by atoms with E-state index in [1.54, 1.807) is 49.4 Å². The average molecular weight is 607 g/mol. The van der Waals surface area contributed by atoms with Crippen LogP contribution in [-0.2, 0) is 26.2 Å². The van der Waals surface area contributed by atoms with Crippen LogP contribution in [0, 0.1) is 0 Å². The van der Waals surface area contributed by atoms with Crippen LogP contribution in [0.4, 0.5) is 5.69 Å². The first-order valence-corrected chi connectivity index (χ1v) is 14.3. The number of halogens is 3. The number of sulfonamides is 1. The van der Waals surface area contributed by atoms with E-state index in [9.17, 15) is 18.0 Å². The van der Waals surface area contributed by atoms with Crippen molar-refractivity contribution in [3.8, 4) is 0 Å². The van der Waals surface area contributed by atoms with E-state index in [-0.39, 0.29) is 12.5 Å². The third kappa shape index (κ3) is 8.66. The highest BCUT2D eigenvalue weighted by molar-refractivity contribution is 9.10. The van der Waals surface area contributed by atoms with E-state index in [1.165, 1.54) is 4.90 Å². The standard InChI is InChI=1S/C24H30BrCl2N3O4S/c1-6-21(23(32)28-24(2,3)4)29(14-16-7-10-18(26)13-20(16)27)22(31)15-30(35(5,33)34)19-11-8-17(25)9-12-19/h7-13,21H,6,14-15H2,1-5H3,(H,28,32)/t21-/m0/s1. The minimum absolute atomic E-state index is 0.00282. The predicted molar refractivity (Wildman–Crippen MR) is 145 cm³/mol. The Bertz CT molecular complexity index is 1170. The molecule has 7 nitrogen and oxygen atoms in total. The lowest BCUT2D eigenvalue weighted by Gasteiger charge is -2.34. The molecule has 0 fully saturated rings. The predicted octanol–water partition coefficient (Wildman–Crippen LogP) is 5.24. The molecule has 0 aliphatic carbocycles. The molecule has 0 aromatic heterocycles. The summed E-state index contributed by atoms with van der Waals surface area (Å²) in [6.45, 7) is 6.85. The van der Waals surface area contributed by atoms with Crippen molar-refractivity contribution >= 4 is 66.7 Å². The van der Waals surface area contributed by atoms with E-state index < -0.39 is 34.1 Å². The van der Waals surface area contributed by atoms with Crippen LogP contribution >= 0.6 is 39.1 Å². The number of benzene rings is 2. The minimum Gasteiger partial charge on any atom is -0.350 e. The van der Waals surface area contributed by atoms with Crippen molar-refractivity contribution in [2.24, 2.45) is 0 Å². The molecule has 0 heterocycles. The molecule has 2 aromatic rings. The van der Waals surface area contributed by atoms with Crippen LogP contribution in [0.3, 0.4) is 0 Å². The number of nitrogens with zero attached hydrogens (tertiary/aromatic N) is 2. The summed E-state index contributed by atoms with van der Waals surface area (Å²) in [6.07, 6.45) is 1.35. The molecule has 2 rings (SSSR count). The Morgan fingerprint density at radius 1 is 1.09 bits per heavy atom. The van der Waals surface area contributed by atoms with Gasteiger partial charge in [-0.2, -0.15) is 0 Å². The number of amides is 2. The minimum atomic E-state index is -3.80. The molecule has 0 spiro atoms. The summed E-state index contributed by atoms with van der Waals surface area (Å²) in [5.41, 5.74) is 0.398. The number of carbonyl (C=O) groups is 2. The van der Waals surface area contributed by atoms with Crippen LogP contribution in [0.1, 0.15) is 39.7 Å². The van der Waals surface area contributed by atoms with Gasteiger partial charge in [-0.3, -0.25) is 13.9 Å². The van der Waals surface area contributed by atoms with Gasteiger partial charge in [0.25, 0.3) is 0 Å². The molecular formula is C24H30BrCl2N3O4S. The van der Waals surface area contributed by atoms with Gasteiger partial charge in [0.15, 0.2) is 0 Å². The second kappa shape index (κ2) is 12.0. The molecule has 2 aromatic carbocycles. The number of rotatable bonds is 9. The van der Waals surface area contributed by atoms with Crippen molar-refractivity contribution in [2.75, 3.05) is 17.1 Å². The Morgan fingerprint density at radius 3 is 2.17 bits per heavy atom. The lowest BCUT2D eigenvalue weighted by molar-refractivity contribution is -0.141. The summed E-state index contributed by atoms with van der Waals surface area (Å²) in [6, 6.07) is 10.6. The fourth-order valence-electron chi connectivity index (χ4n) is 3.43. The molecule has 0 bridgehead atoms. The van der Waals surface area contributed by atoms with Gasteiger partial charge < -0.3 is 10.2 Å². The second-order valence-corrected chi connectivity index (χ2v) is 12.8. The van der Waals surface area contributed by atoms with Gasteiger partial charge in [-0.25, -0.2) is 8.42 Å². The van der Waals surface area contributed by atoms with E-state index in [4.69, 9.17) is 23.2 Å². The zero-order valence-electron chi connectivity index (χ0n) is 20.3. The van der Waals surface area contributed by atoms with Gasteiger partial charge in [-0.05, 0) is 69.2 Å². The van der Waals surface area contributed by atoms with Crippen molar-refractivity contribution in [2.45, 2.75) is 52.2 Å². The SMILES string of the molecule is CC[C@@H](C(=O)NC(C)(C)C)N(Cc1ccc(Cl)cc1Cl)C(=O)CN(c1ccc(Br)cc1)S(C)(=O)=O. The Labute approximate surface area is 225 Å². The van der Waals surface area contributed by atoms with Gasteiger partial charge in [0.2, 0.25) is 21.8 Å². The summed E-state index contributed by atoms with van der Waals surface area (Å²) in [5, 5.41) is 3.69. The van der Waals surface area contributed by atoms with E-state index in [1.807, 2.05) is 20.8 Å². The molecular weight excluding hydrogens is 577 g/mol. The Balaban J connectivity index is 2.48. The zero-order valence-corrected chi connectivity index (χ0v) is 24.2. The molecule has 192 valence electrons. The molecule has 2 amide bonds. The summed E-state index contributed by atoms with van der Waals surface area (Å²) in [5.74, 6) is -0.881. The molecule has 0 radical (unpaired) electrons. The number of anilines is 1. The highest BCUT2D eigenvalue weighted by Crippen LogP contribution is 2.25. The van der Waals surface area contributed by atoms with Crippen LogP contribution in [0.5, 0.6) is 0 Å². The number of nitrogens with one attached hydrogen (secondary N) is 1. The lowest BCUT2D eigenvalue weighted by atomic mass is 10.1. The van der Waals surface area contributed by atoms with E-state index in [0.29, 0.717) is 27.7 Å². The summed E-state index contributed by atoms with van der Waals surface area (Å²) in [4.78, 5) is 28.2. The Kier molecular flexibility index (Phi) is 10.0. The summed E-state index contributed by atoms with van der Waals surface area (Å²) >= 11 is 15.7. The number of carbonyl (C=O) groups excluding carboxylic acids is 2. The van der Waals surface area contributed by atoms with E-state index in [0.717, 1.165) is 15.0 Å². The van der Waals surface area contributed by atoms with Crippen molar-refractivity contribution in [3.05, 3.63) is 62.5 Å². The molecule has 35 heavy (non-hydrogen) atoms. The van der Waals surface area contributed by atoms with Gasteiger partial charge in [0, 0.05) is 26.6 Å². The molecule has 1 atom stereocenters. The fraction of sp³-hybridized carbons (Fsp3) is 0.417. The summed E-state index contributed by atoms with van der Waals surface area (Å²) < 4.78 is 27.0. The van der Waals surface area contributed by atoms with Crippen LogP contribution in [0.25, 0.3) is 0 Å². The summed E-state index contributed by atoms with van der Waals surface area (Å²) in [7, 11) is -3.80. The highest BCUT2D eigenvalue weighted by Gasteiger charge is 2.33. The maximum atomic E-state index is 13.7. The Morgan fingerprint density at radius 2 is 1.69 bits per heavy atom. The molecule has 0 aliphatic heterocycles. The maximum absolute atomic E-state index is 13.7. The molecule has 1 N–H and O–H groups in total. The van der Waals surface area contributed by atoms with Gasteiger partial charge in [-0.15, -0.1) is 0 Å². The van der Waals surface area contributed by atoms with Gasteiger partial charge in [0.1, 0.15) is 12.6 Å². The average Bonchev–Trinajstić information content (AvgIpc) is 2.72. The topological polar surface area (TPSA) is 86.8 Å². The number of hydrogen-bond acceptors (Lipinski definition) is 4. The largest absolute Gasteiger partial charge is 0.350 e. The quantitative estimate of drug-likeness (QED) is 0.423. The van der Waals surface area contributed by atoms with Gasteiger partial charge in [-0.1, -0.05) is 52.1 Å². The third-order valence-corrected chi connectivity index (χ3v) is 7.29. The maximum Gasteiger partial charge on any atom is 0.244 e. The van der Waals surface area contributed by atoms with Crippen molar-refractivity contribution < 1.29 is 18.0 Å². The molecule has 0 saturated carbocycles. The molecule has 11 heteroatoms. The molecule has 0 unspecified atom stereocenters. The van der Waals surface area contributed by atoms with Crippen LogP contribution in [0.15, 0.2) is 46.9 Å². The number of hydrogen-bond donors (Lipinski definition) is 1. The van der Waals surface area contributed by atoms with Crippen LogP contribution < -0.4 is 9.62 Å². The van der Waals surface area contributed by atoms with Gasteiger partial charge >= 0.3 is 0 Å². The first-order chi connectivity index (χ1) is 16.1. The van der Waals surface area contributed by atoms with Crippen molar-refractivity contribution in [1.82, 2.24) is 10.2 Å². The highest BCUT2D eigenvalue weighted by atomic mass is 79.9.